The van der Waals surface area contributed by atoms with E-state index in [1.165, 1.54) is 38.5 Å². The summed E-state index contributed by atoms with van der Waals surface area (Å²) >= 11 is 0. The number of Topliss-reactive ketones (excluding diaryl/α,β-unsaturated/α-hetero) is 1. The third-order valence-corrected chi connectivity index (χ3v) is 3.34. The minimum absolute atomic E-state index is 0.369. The number of hydrogen-bond acceptors (Lipinski definition) is 2. The molecule has 1 aliphatic carbocycles. The van der Waals surface area contributed by atoms with E-state index in [9.17, 15) is 4.79 Å². The molecule has 0 aliphatic heterocycles. The molecule has 0 N–H and O–H groups in total. The smallest absolute Gasteiger partial charge is 0.133 e. The van der Waals surface area contributed by atoms with Crippen molar-refractivity contribution in [3.8, 4) is 0 Å². The lowest BCUT2D eigenvalue weighted by Gasteiger charge is -2.21. The Hall–Kier alpha value is -0.370. The zero-order chi connectivity index (χ0) is 11.6. The van der Waals surface area contributed by atoms with Gasteiger partial charge in [0.25, 0.3) is 0 Å². The van der Waals surface area contributed by atoms with E-state index >= 15 is 0 Å². The third kappa shape index (κ3) is 6.26. The number of hydrogen-bond donors (Lipinski definition) is 0. The van der Waals surface area contributed by atoms with Gasteiger partial charge < -0.3 is 4.74 Å². The molecule has 0 aromatic heterocycles. The van der Waals surface area contributed by atoms with Gasteiger partial charge in [0.1, 0.15) is 5.78 Å². The fourth-order valence-electron chi connectivity index (χ4n) is 2.21. The van der Waals surface area contributed by atoms with Crippen molar-refractivity contribution in [3.05, 3.63) is 0 Å². The number of ether oxygens (including phenoxy) is 1. The molecule has 1 fully saturated rings. The van der Waals surface area contributed by atoms with Crippen LogP contribution in [0.1, 0.15) is 71.1 Å². The molecule has 0 aromatic carbocycles. The van der Waals surface area contributed by atoms with E-state index in [2.05, 4.69) is 6.92 Å². The Labute approximate surface area is 99.8 Å². The van der Waals surface area contributed by atoms with Gasteiger partial charge in [-0.15, -0.1) is 0 Å². The van der Waals surface area contributed by atoms with Crippen LogP contribution < -0.4 is 0 Å². The number of carbonyl (C=O) groups is 1. The second-order valence-corrected chi connectivity index (χ2v) is 4.88. The maximum absolute atomic E-state index is 11.0. The van der Waals surface area contributed by atoms with E-state index in [1.54, 1.807) is 0 Å². The van der Waals surface area contributed by atoms with Gasteiger partial charge in [0.2, 0.25) is 0 Å². The Morgan fingerprint density at radius 3 is 2.38 bits per heavy atom. The molecule has 0 amide bonds. The number of carbonyl (C=O) groups excluding carboxylic acids is 1. The number of rotatable bonds is 8. The van der Waals surface area contributed by atoms with Gasteiger partial charge in [-0.3, -0.25) is 4.79 Å². The van der Waals surface area contributed by atoms with Crippen molar-refractivity contribution >= 4 is 5.78 Å². The van der Waals surface area contributed by atoms with Crippen LogP contribution in [-0.4, -0.2) is 18.5 Å². The van der Waals surface area contributed by atoms with Crippen molar-refractivity contribution < 1.29 is 9.53 Å². The second-order valence-electron chi connectivity index (χ2n) is 4.88. The summed E-state index contributed by atoms with van der Waals surface area (Å²) < 4.78 is 5.79. The van der Waals surface area contributed by atoms with E-state index < -0.39 is 0 Å². The van der Waals surface area contributed by atoms with E-state index in [-0.39, 0.29) is 0 Å². The standard InChI is InChI=1S/C14H26O2/c1-2-3-4-5-6-7-12-16-14-10-8-13(15)9-11-14/h14H,2-12H2,1H3. The van der Waals surface area contributed by atoms with E-state index in [0.29, 0.717) is 11.9 Å². The predicted octanol–water partition coefficient (Wildman–Crippen LogP) is 3.88. The highest BCUT2D eigenvalue weighted by molar-refractivity contribution is 5.79. The average molecular weight is 226 g/mol. The highest BCUT2D eigenvalue weighted by Gasteiger charge is 2.18. The van der Waals surface area contributed by atoms with Crippen LogP contribution in [0.4, 0.5) is 0 Å². The molecule has 0 radical (unpaired) electrons. The van der Waals surface area contributed by atoms with Gasteiger partial charge in [-0.05, 0) is 19.3 Å². The molecule has 0 saturated heterocycles. The maximum atomic E-state index is 11.0. The molecule has 16 heavy (non-hydrogen) atoms. The normalized spacial score (nSPS) is 17.9. The van der Waals surface area contributed by atoms with Crippen LogP contribution in [0.5, 0.6) is 0 Å². The Kier molecular flexibility index (Phi) is 7.48. The lowest BCUT2D eigenvalue weighted by Crippen LogP contribution is -2.21. The van der Waals surface area contributed by atoms with E-state index in [1.807, 2.05) is 0 Å². The van der Waals surface area contributed by atoms with Gasteiger partial charge in [-0.2, -0.15) is 0 Å². The molecule has 2 heteroatoms. The van der Waals surface area contributed by atoms with Gasteiger partial charge in [-0.25, -0.2) is 0 Å². The minimum atomic E-state index is 0.369. The Bertz CT molecular complexity index is 179. The number of unbranched alkanes of at least 4 members (excludes halogenated alkanes) is 5. The Balaban J connectivity index is 1.85. The van der Waals surface area contributed by atoms with Crippen LogP contribution in [0.2, 0.25) is 0 Å². The van der Waals surface area contributed by atoms with Crippen LogP contribution in [0.25, 0.3) is 0 Å². The first kappa shape index (κ1) is 13.7. The third-order valence-electron chi connectivity index (χ3n) is 3.34. The topological polar surface area (TPSA) is 26.3 Å². The maximum Gasteiger partial charge on any atom is 0.133 e. The monoisotopic (exact) mass is 226 g/mol. The molecular weight excluding hydrogens is 200 g/mol. The first-order valence-electron chi connectivity index (χ1n) is 6.96. The second kappa shape index (κ2) is 8.74. The van der Waals surface area contributed by atoms with Crippen LogP contribution in [0.3, 0.4) is 0 Å². The highest BCUT2D eigenvalue weighted by atomic mass is 16.5. The van der Waals surface area contributed by atoms with Gasteiger partial charge >= 0.3 is 0 Å². The van der Waals surface area contributed by atoms with Crippen molar-refractivity contribution in [2.45, 2.75) is 77.2 Å². The lowest BCUT2D eigenvalue weighted by atomic mass is 9.96. The van der Waals surface area contributed by atoms with Crippen molar-refractivity contribution in [1.29, 1.82) is 0 Å². The fourth-order valence-corrected chi connectivity index (χ4v) is 2.21. The van der Waals surface area contributed by atoms with Crippen molar-refractivity contribution in [2.75, 3.05) is 6.61 Å². The first-order valence-corrected chi connectivity index (χ1v) is 6.96. The van der Waals surface area contributed by atoms with Crippen LogP contribution in [0, 0.1) is 0 Å². The average Bonchev–Trinajstić information content (AvgIpc) is 2.30. The summed E-state index contributed by atoms with van der Waals surface area (Å²) in [5, 5.41) is 0. The number of ketones is 1. The van der Waals surface area contributed by atoms with Gasteiger partial charge in [0.05, 0.1) is 6.10 Å². The fraction of sp³-hybridized carbons (Fsp3) is 0.929. The molecule has 1 rings (SSSR count). The molecule has 0 bridgehead atoms. The van der Waals surface area contributed by atoms with E-state index in [4.69, 9.17) is 4.74 Å². The minimum Gasteiger partial charge on any atom is -0.378 e. The summed E-state index contributed by atoms with van der Waals surface area (Å²) in [5.41, 5.74) is 0. The lowest BCUT2D eigenvalue weighted by molar-refractivity contribution is -0.123. The highest BCUT2D eigenvalue weighted by Crippen LogP contribution is 2.18. The summed E-state index contributed by atoms with van der Waals surface area (Å²) in [6.07, 6.45) is 11.6. The zero-order valence-electron chi connectivity index (χ0n) is 10.7. The van der Waals surface area contributed by atoms with Crippen molar-refractivity contribution in [1.82, 2.24) is 0 Å². The molecule has 0 heterocycles. The molecular formula is C14H26O2. The van der Waals surface area contributed by atoms with E-state index in [0.717, 1.165) is 32.3 Å². The van der Waals surface area contributed by atoms with Crippen LogP contribution >= 0.6 is 0 Å². The largest absolute Gasteiger partial charge is 0.378 e. The molecule has 94 valence electrons. The summed E-state index contributed by atoms with van der Waals surface area (Å²) in [6, 6.07) is 0. The summed E-state index contributed by atoms with van der Waals surface area (Å²) in [6.45, 7) is 3.14. The molecule has 2 nitrogen and oxygen atoms in total. The Morgan fingerprint density at radius 2 is 1.69 bits per heavy atom. The molecule has 1 saturated carbocycles. The molecule has 0 unspecified atom stereocenters. The van der Waals surface area contributed by atoms with Gasteiger partial charge in [0, 0.05) is 19.4 Å². The molecule has 0 spiro atoms. The Morgan fingerprint density at radius 1 is 1.06 bits per heavy atom. The van der Waals surface area contributed by atoms with Crippen molar-refractivity contribution in [2.24, 2.45) is 0 Å². The zero-order valence-corrected chi connectivity index (χ0v) is 10.7. The van der Waals surface area contributed by atoms with Gasteiger partial charge in [-0.1, -0.05) is 39.0 Å². The first-order chi connectivity index (χ1) is 7.83. The molecule has 0 aromatic rings. The summed E-state index contributed by atoms with van der Waals surface area (Å²) in [4.78, 5) is 11.0. The van der Waals surface area contributed by atoms with Crippen molar-refractivity contribution in [3.63, 3.8) is 0 Å². The quantitative estimate of drug-likeness (QED) is 0.587. The predicted molar refractivity (Wildman–Crippen MR) is 66.6 cm³/mol. The SMILES string of the molecule is CCCCCCCCOC1CCC(=O)CC1. The van der Waals surface area contributed by atoms with Crippen LogP contribution in [-0.2, 0) is 9.53 Å². The van der Waals surface area contributed by atoms with Crippen LogP contribution in [0.15, 0.2) is 0 Å². The molecule has 1 aliphatic rings. The summed E-state index contributed by atoms with van der Waals surface area (Å²) in [7, 11) is 0. The summed E-state index contributed by atoms with van der Waals surface area (Å²) in [5.74, 6) is 0.416. The van der Waals surface area contributed by atoms with Gasteiger partial charge in [0.15, 0.2) is 0 Å². The molecule has 0 atom stereocenters.